The maximum Gasteiger partial charge on any atom is 0.123 e. The Morgan fingerprint density at radius 1 is 1.28 bits per heavy atom. The fraction of sp³-hybridized carbons (Fsp3) is 0.286. The fourth-order valence-electron chi connectivity index (χ4n) is 1.75. The van der Waals surface area contributed by atoms with E-state index in [4.69, 9.17) is 0 Å². The molecule has 2 N–H and O–H groups in total. The molecule has 0 aliphatic heterocycles. The standard InChI is InChI=1S/C14H16FNOS/c1-14(17,11-4-6-12(15)7-5-11)10-16-9-13-3-2-8-18-13/h2-8,16-17H,9-10H2,1H3. The summed E-state index contributed by atoms with van der Waals surface area (Å²) in [6, 6.07) is 10.0. The van der Waals surface area contributed by atoms with E-state index in [1.165, 1.54) is 17.0 Å². The number of hydrogen-bond donors (Lipinski definition) is 2. The van der Waals surface area contributed by atoms with Crippen molar-refractivity contribution in [3.05, 3.63) is 58.0 Å². The molecule has 0 aliphatic rings. The Morgan fingerprint density at radius 2 is 2.00 bits per heavy atom. The van der Waals surface area contributed by atoms with E-state index >= 15 is 0 Å². The highest BCUT2D eigenvalue weighted by Crippen LogP contribution is 2.20. The summed E-state index contributed by atoms with van der Waals surface area (Å²) in [6.07, 6.45) is 0. The van der Waals surface area contributed by atoms with Crippen LogP contribution in [0, 0.1) is 5.82 Å². The minimum Gasteiger partial charge on any atom is -0.384 e. The molecule has 1 unspecified atom stereocenters. The SMILES string of the molecule is CC(O)(CNCc1cccs1)c1ccc(F)cc1. The lowest BCUT2D eigenvalue weighted by atomic mass is 9.96. The number of nitrogens with one attached hydrogen (secondary N) is 1. The third-order valence-electron chi connectivity index (χ3n) is 2.81. The second kappa shape index (κ2) is 5.61. The summed E-state index contributed by atoms with van der Waals surface area (Å²) in [6.45, 7) is 2.88. The monoisotopic (exact) mass is 265 g/mol. The molecule has 0 fully saturated rings. The van der Waals surface area contributed by atoms with Gasteiger partial charge in [-0.3, -0.25) is 0 Å². The van der Waals surface area contributed by atoms with Crippen molar-refractivity contribution in [1.29, 1.82) is 0 Å². The molecule has 0 amide bonds. The van der Waals surface area contributed by atoms with Gasteiger partial charge in [0.05, 0.1) is 5.60 Å². The topological polar surface area (TPSA) is 32.3 Å². The van der Waals surface area contributed by atoms with E-state index in [0.29, 0.717) is 12.1 Å². The van der Waals surface area contributed by atoms with Gasteiger partial charge < -0.3 is 10.4 Å². The molecule has 2 rings (SSSR count). The minimum absolute atomic E-state index is 0.291. The van der Waals surface area contributed by atoms with Crippen LogP contribution in [0.2, 0.25) is 0 Å². The predicted molar refractivity (Wildman–Crippen MR) is 72.0 cm³/mol. The quantitative estimate of drug-likeness (QED) is 0.871. The van der Waals surface area contributed by atoms with Crippen LogP contribution in [-0.4, -0.2) is 11.7 Å². The van der Waals surface area contributed by atoms with Gasteiger partial charge >= 0.3 is 0 Å². The first-order valence-electron chi connectivity index (χ1n) is 5.79. The van der Waals surface area contributed by atoms with Gasteiger partial charge in [0.1, 0.15) is 5.82 Å². The molecule has 96 valence electrons. The first kappa shape index (κ1) is 13.2. The molecule has 0 bridgehead atoms. The minimum atomic E-state index is -0.995. The normalized spacial score (nSPS) is 14.4. The molecule has 0 spiro atoms. The van der Waals surface area contributed by atoms with E-state index in [1.807, 2.05) is 17.5 Å². The molecule has 18 heavy (non-hydrogen) atoms. The highest BCUT2D eigenvalue weighted by Gasteiger charge is 2.22. The van der Waals surface area contributed by atoms with E-state index in [9.17, 15) is 9.50 Å². The van der Waals surface area contributed by atoms with Gasteiger partial charge in [-0.15, -0.1) is 11.3 Å². The van der Waals surface area contributed by atoms with Crippen molar-refractivity contribution in [2.75, 3.05) is 6.54 Å². The Kier molecular flexibility index (Phi) is 4.11. The van der Waals surface area contributed by atoms with Crippen molar-refractivity contribution in [1.82, 2.24) is 5.32 Å². The van der Waals surface area contributed by atoms with Crippen LogP contribution in [0.4, 0.5) is 4.39 Å². The smallest absolute Gasteiger partial charge is 0.123 e. The first-order chi connectivity index (χ1) is 8.58. The van der Waals surface area contributed by atoms with Gasteiger partial charge in [-0.1, -0.05) is 18.2 Å². The third-order valence-corrected chi connectivity index (χ3v) is 3.69. The first-order valence-corrected chi connectivity index (χ1v) is 6.67. The molecule has 0 radical (unpaired) electrons. The summed E-state index contributed by atoms with van der Waals surface area (Å²) >= 11 is 1.68. The zero-order valence-electron chi connectivity index (χ0n) is 10.2. The summed E-state index contributed by atoms with van der Waals surface area (Å²) < 4.78 is 12.8. The van der Waals surface area contributed by atoms with E-state index in [2.05, 4.69) is 5.32 Å². The lowest BCUT2D eigenvalue weighted by molar-refractivity contribution is 0.0567. The van der Waals surface area contributed by atoms with Gasteiger partial charge in [0.15, 0.2) is 0 Å². The summed E-state index contributed by atoms with van der Waals surface area (Å²) in [5.41, 5.74) is -0.284. The van der Waals surface area contributed by atoms with Gasteiger partial charge in [-0.2, -0.15) is 0 Å². The Morgan fingerprint density at radius 3 is 2.61 bits per heavy atom. The van der Waals surface area contributed by atoms with Crippen molar-refractivity contribution in [3.63, 3.8) is 0 Å². The molecular formula is C14H16FNOS. The van der Waals surface area contributed by atoms with Crippen LogP contribution in [0.15, 0.2) is 41.8 Å². The van der Waals surface area contributed by atoms with Crippen LogP contribution in [0.3, 0.4) is 0 Å². The van der Waals surface area contributed by atoms with Gasteiger partial charge in [0, 0.05) is 18.0 Å². The molecule has 0 aliphatic carbocycles. The summed E-state index contributed by atoms with van der Waals surface area (Å²) in [7, 11) is 0. The van der Waals surface area contributed by atoms with Crippen molar-refractivity contribution < 1.29 is 9.50 Å². The van der Waals surface area contributed by atoms with E-state index < -0.39 is 5.60 Å². The maximum atomic E-state index is 12.8. The predicted octanol–water partition coefficient (Wildman–Crippen LogP) is 2.88. The Balaban J connectivity index is 1.92. The second-order valence-corrected chi connectivity index (χ2v) is 5.50. The molecule has 1 aromatic carbocycles. The van der Waals surface area contributed by atoms with Crippen molar-refractivity contribution in [2.24, 2.45) is 0 Å². The zero-order chi connectivity index (χ0) is 13.0. The molecule has 1 aromatic heterocycles. The van der Waals surface area contributed by atoms with Crippen LogP contribution >= 0.6 is 11.3 Å². The van der Waals surface area contributed by atoms with Crippen molar-refractivity contribution >= 4 is 11.3 Å². The number of hydrogen-bond acceptors (Lipinski definition) is 3. The average Bonchev–Trinajstić information content (AvgIpc) is 2.82. The second-order valence-electron chi connectivity index (χ2n) is 4.46. The van der Waals surface area contributed by atoms with Crippen LogP contribution in [0.5, 0.6) is 0 Å². The maximum absolute atomic E-state index is 12.8. The molecule has 0 saturated carbocycles. The summed E-state index contributed by atoms with van der Waals surface area (Å²) in [4.78, 5) is 1.23. The fourth-order valence-corrected chi connectivity index (χ4v) is 2.43. The molecule has 2 aromatic rings. The third kappa shape index (κ3) is 3.38. The Labute approximate surface area is 110 Å². The van der Waals surface area contributed by atoms with Crippen LogP contribution in [-0.2, 0) is 12.1 Å². The van der Waals surface area contributed by atoms with Gasteiger partial charge in [-0.25, -0.2) is 4.39 Å². The number of halogens is 1. The number of rotatable bonds is 5. The zero-order valence-corrected chi connectivity index (χ0v) is 11.0. The molecule has 4 heteroatoms. The summed E-state index contributed by atoms with van der Waals surface area (Å²) in [5.74, 6) is -0.291. The molecular weight excluding hydrogens is 249 g/mol. The molecule has 1 heterocycles. The van der Waals surface area contributed by atoms with E-state index in [-0.39, 0.29) is 5.82 Å². The van der Waals surface area contributed by atoms with Crippen molar-refractivity contribution in [2.45, 2.75) is 19.1 Å². The molecule has 1 atom stereocenters. The van der Waals surface area contributed by atoms with Gasteiger partial charge in [-0.05, 0) is 36.1 Å². The van der Waals surface area contributed by atoms with Crippen LogP contribution in [0.1, 0.15) is 17.4 Å². The Hall–Kier alpha value is -1.23. The summed E-state index contributed by atoms with van der Waals surface area (Å²) in [5, 5.41) is 15.6. The van der Waals surface area contributed by atoms with Crippen LogP contribution in [0.25, 0.3) is 0 Å². The van der Waals surface area contributed by atoms with Gasteiger partial charge in [0.2, 0.25) is 0 Å². The molecule has 2 nitrogen and oxygen atoms in total. The number of aliphatic hydroxyl groups is 1. The molecule has 0 saturated heterocycles. The lowest BCUT2D eigenvalue weighted by Gasteiger charge is -2.24. The number of thiophene rings is 1. The van der Waals surface area contributed by atoms with E-state index in [1.54, 1.807) is 30.4 Å². The van der Waals surface area contributed by atoms with Crippen LogP contribution < -0.4 is 5.32 Å². The average molecular weight is 265 g/mol. The largest absolute Gasteiger partial charge is 0.384 e. The van der Waals surface area contributed by atoms with Crippen molar-refractivity contribution in [3.8, 4) is 0 Å². The van der Waals surface area contributed by atoms with E-state index in [0.717, 1.165) is 6.54 Å². The van der Waals surface area contributed by atoms with Gasteiger partial charge in [0.25, 0.3) is 0 Å². The number of benzene rings is 1. The lowest BCUT2D eigenvalue weighted by Crippen LogP contribution is -2.35. The Bertz CT molecular complexity index is 479. The highest BCUT2D eigenvalue weighted by atomic mass is 32.1. The highest BCUT2D eigenvalue weighted by molar-refractivity contribution is 7.09.